The Hall–Kier alpha value is -2.15. The number of nitrogens with one attached hydrogen (secondary N) is 1. The second-order valence-electron chi connectivity index (χ2n) is 4.36. The van der Waals surface area contributed by atoms with Gasteiger partial charge in [0.1, 0.15) is 10.7 Å². The molecule has 0 radical (unpaired) electrons. The molecule has 0 unspecified atom stereocenters. The van der Waals surface area contributed by atoms with Crippen LogP contribution in [0.1, 0.15) is 12.5 Å². The summed E-state index contributed by atoms with van der Waals surface area (Å²) in [7, 11) is 1.68. The van der Waals surface area contributed by atoms with Crippen LogP contribution in [0.3, 0.4) is 0 Å². The second-order valence-corrected chi connectivity index (χ2v) is 4.80. The van der Waals surface area contributed by atoms with E-state index in [4.69, 9.17) is 22.7 Å². The van der Waals surface area contributed by atoms with E-state index in [2.05, 4.69) is 5.32 Å². The number of rotatable bonds is 7. The second kappa shape index (κ2) is 8.21. The van der Waals surface area contributed by atoms with Gasteiger partial charge in [0.15, 0.2) is 6.61 Å². The summed E-state index contributed by atoms with van der Waals surface area (Å²) in [5.41, 5.74) is 6.21. The van der Waals surface area contributed by atoms with Gasteiger partial charge in [0, 0.05) is 19.2 Å². The lowest BCUT2D eigenvalue weighted by Gasteiger charge is -2.14. The minimum atomic E-state index is -0.355. The Kier molecular flexibility index (Phi) is 6.61. The van der Waals surface area contributed by atoms with Crippen molar-refractivity contribution >= 4 is 29.0 Å². The largest absolute Gasteiger partial charge is 0.484 e. The maximum absolute atomic E-state index is 11.6. The summed E-state index contributed by atoms with van der Waals surface area (Å²) < 4.78 is 5.30. The van der Waals surface area contributed by atoms with E-state index in [-0.39, 0.29) is 25.0 Å². The van der Waals surface area contributed by atoms with Crippen molar-refractivity contribution in [2.45, 2.75) is 6.92 Å². The maximum Gasteiger partial charge on any atom is 0.258 e. The van der Waals surface area contributed by atoms with Crippen molar-refractivity contribution in [1.82, 2.24) is 10.2 Å². The van der Waals surface area contributed by atoms with E-state index in [0.29, 0.717) is 17.3 Å². The number of amides is 2. The molecular weight excluding hydrogens is 290 g/mol. The zero-order valence-electron chi connectivity index (χ0n) is 12.1. The third kappa shape index (κ3) is 5.78. The fourth-order valence-electron chi connectivity index (χ4n) is 1.40. The van der Waals surface area contributed by atoms with E-state index in [0.717, 1.165) is 5.56 Å². The Labute approximate surface area is 129 Å². The van der Waals surface area contributed by atoms with Crippen LogP contribution in [0, 0.1) is 0 Å². The van der Waals surface area contributed by atoms with Gasteiger partial charge < -0.3 is 20.7 Å². The number of nitrogens with two attached hydrogens (primary N) is 1. The summed E-state index contributed by atoms with van der Waals surface area (Å²) in [6.45, 7) is 2.27. The number of nitrogens with zero attached hydrogens (tertiary/aromatic N) is 1. The average Bonchev–Trinajstić information content (AvgIpc) is 2.49. The van der Waals surface area contributed by atoms with E-state index >= 15 is 0 Å². The molecule has 2 amide bonds. The first kappa shape index (κ1) is 16.9. The summed E-state index contributed by atoms with van der Waals surface area (Å²) >= 11 is 4.84. The van der Waals surface area contributed by atoms with Crippen LogP contribution >= 0.6 is 12.2 Å². The van der Waals surface area contributed by atoms with Crippen LogP contribution in [0.4, 0.5) is 0 Å². The van der Waals surface area contributed by atoms with Crippen molar-refractivity contribution in [3.63, 3.8) is 0 Å². The Morgan fingerprint density at radius 3 is 2.48 bits per heavy atom. The molecule has 21 heavy (non-hydrogen) atoms. The molecule has 7 heteroatoms. The fraction of sp³-hybridized carbons (Fsp3) is 0.357. The minimum absolute atomic E-state index is 0.0348. The van der Waals surface area contributed by atoms with Gasteiger partial charge in [-0.15, -0.1) is 0 Å². The van der Waals surface area contributed by atoms with Gasteiger partial charge in [0.2, 0.25) is 5.91 Å². The molecule has 3 N–H and O–H groups in total. The van der Waals surface area contributed by atoms with Crippen LogP contribution in [0.2, 0.25) is 0 Å². The molecule has 0 aliphatic heterocycles. The van der Waals surface area contributed by atoms with Gasteiger partial charge in [0.25, 0.3) is 5.91 Å². The van der Waals surface area contributed by atoms with Crippen molar-refractivity contribution in [3.05, 3.63) is 29.8 Å². The number of benzene rings is 1. The van der Waals surface area contributed by atoms with Gasteiger partial charge >= 0.3 is 0 Å². The van der Waals surface area contributed by atoms with Gasteiger partial charge in [-0.1, -0.05) is 12.2 Å². The lowest BCUT2D eigenvalue weighted by atomic mass is 10.2. The predicted molar refractivity (Wildman–Crippen MR) is 84.1 cm³/mol. The Balaban J connectivity index is 2.36. The highest BCUT2D eigenvalue weighted by Crippen LogP contribution is 2.11. The maximum atomic E-state index is 11.6. The monoisotopic (exact) mass is 309 g/mol. The molecule has 0 aliphatic carbocycles. The van der Waals surface area contributed by atoms with E-state index in [1.54, 1.807) is 31.3 Å². The molecule has 0 bridgehead atoms. The van der Waals surface area contributed by atoms with Crippen LogP contribution in [0.5, 0.6) is 5.75 Å². The SMILES string of the molecule is CCN(C)C(=O)CNC(=O)COc1ccc(C(N)=S)cc1. The molecule has 1 aromatic carbocycles. The Morgan fingerprint density at radius 1 is 1.33 bits per heavy atom. The Morgan fingerprint density at radius 2 is 1.95 bits per heavy atom. The van der Waals surface area contributed by atoms with Gasteiger partial charge in [0.05, 0.1) is 6.54 Å². The highest BCUT2D eigenvalue weighted by Gasteiger charge is 2.09. The van der Waals surface area contributed by atoms with E-state index in [1.165, 1.54) is 4.90 Å². The predicted octanol–water partition coefficient (Wildman–Crippen LogP) is 0.294. The summed E-state index contributed by atoms with van der Waals surface area (Å²) in [5.74, 6) is 0.0279. The molecule has 1 rings (SSSR count). The molecule has 0 heterocycles. The average molecular weight is 309 g/mol. The smallest absolute Gasteiger partial charge is 0.258 e. The van der Waals surface area contributed by atoms with Crippen molar-refractivity contribution in [2.24, 2.45) is 5.73 Å². The van der Waals surface area contributed by atoms with Gasteiger partial charge in [-0.25, -0.2) is 0 Å². The first-order valence-electron chi connectivity index (χ1n) is 6.47. The molecule has 0 spiro atoms. The molecule has 114 valence electrons. The normalized spacial score (nSPS) is 9.81. The summed E-state index contributed by atoms with van der Waals surface area (Å²) in [6, 6.07) is 6.79. The molecule has 6 nitrogen and oxygen atoms in total. The van der Waals surface area contributed by atoms with Gasteiger partial charge in [-0.3, -0.25) is 9.59 Å². The van der Waals surface area contributed by atoms with Crippen LogP contribution in [0.15, 0.2) is 24.3 Å². The van der Waals surface area contributed by atoms with E-state index in [1.807, 2.05) is 6.92 Å². The number of thiocarbonyl (C=S) groups is 1. The summed E-state index contributed by atoms with van der Waals surface area (Å²) in [4.78, 5) is 24.9. The van der Waals surface area contributed by atoms with Crippen molar-refractivity contribution in [1.29, 1.82) is 0 Å². The zero-order valence-corrected chi connectivity index (χ0v) is 12.9. The van der Waals surface area contributed by atoms with Crippen LogP contribution in [-0.4, -0.2) is 48.4 Å². The molecule has 1 aromatic rings. The van der Waals surface area contributed by atoms with E-state index < -0.39 is 0 Å². The standard InChI is InChI=1S/C14H19N3O3S/c1-3-17(2)13(19)8-16-12(18)9-20-11-6-4-10(5-7-11)14(15)21/h4-7H,3,8-9H2,1-2H3,(H2,15,21)(H,16,18). The van der Waals surface area contributed by atoms with Crippen molar-refractivity contribution in [3.8, 4) is 5.75 Å². The Bertz CT molecular complexity index is 517. The third-order valence-corrected chi connectivity index (χ3v) is 3.08. The lowest BCUT2D eigenvalue weighted by molar-refractivity contribution is -0.132. The zero-order chi connectivity index (χ0) is 15.8. The summed E-state index contributed by atoms with van der Waals surface area (Å²) in [5, 5.41) is 2.50. The van der Waals surface area contributed by atoms with E-state index in [9.17, 15) is 9.59 Å². The molecule has 0 saturated carbocycles. The topological polar surface area (TPSA) is 84.7 Å². The molecule has 0 aliphatic rings. The number of carbonyl (C=O) groups excluding carboxylic acids is 2. The minimum Gasteiger partial charge on any atom is -0.484 e. The van der Waals surface area contributed by atoms with Crippen LogP contribution in [0.25, 0.3) is 0 Å². The summed E-state index contributed by atoms with van der Waals surface area (Å²) in [6.07, 6.45) is 0. The van der Waals surface area contributed by atoms with Gasteiger partial charge in [-0.05, 0) is 31.2 Å². The first-order chi connectivity index (χ1) is 9.93. The number of likely N-dealkylation sites (N-methyl/N-ethyl adjacent to an activating group) is 1. The molecule has 0 atom stereocenters. The quantitative estimate of drug-likeness (QED) is 0.707. The number of hydrogen-bond acceptors (Lipinski definition) is 4. The molecular formula is C14H19N3O3S. The van der Waals surface area contributed by atoms with Crippen LogP contribution < -0.4 is 15.8 Å². The molecule has 0 saturated heterocycles. The third-order valence-electron chi connectivity index (χ3n) is 2.85. The van der Waals surface area contributed by atoms with Crippen molar-refractivity contribution in [2.75, 3.05) is 26.7 Å². The fourth-order valence-corrected chi connectivity index (χ4v) is 1.54. The highest BCUT2D eigenvalue weighted by molar-refractivity contribution is 7.80. The molecule has 0 aromatic heterocycles. The number of ether oxygens (including phenoxy) is 1. The lowest BCUT2D eigenvalue weighted by Crippen LogP contribution is -2.39. The number of carbonyl (C=O) groups is 2. The highest BCUT2D eigenvalue weighted by atomic mass is 32.1. The molecule has 0 fully saturated rings. The number of hydrogen-bond donors (Lipinski definition) is 2. The van der Waals surface area contributed by atoms with Crippen LogP contribution in [-0.2, 0) is 9.59 Å². The van der Waals surface area contributed by atoms with Crippen molar-refractivity contribution < 1.29 is 14.3 Å². The first-order valence-corrected chi connectivity index (χ1v) is 6.88. The van der Waals surface area contributed by atoms with Gasteiger partial charge in [-0.2, -0.15) is 0 Å².